The van der Waals surface area contributed by atoms with Gasteiger partial charge in [0, 0.05) is 6.42 Å². The van der Waals surface area contributed by atoms with Gasteiger partial charge in [-0.2, -0.15) is 0 Å². The molecular formula is C11H20O7. The van der Waals surface area contributed by atoms with Crippen LogP contribution in [0.1, 0.15) is 19.8 Å². The molecule has 7 nitrogen and oxygen atoms in total. The van der Waals surface area contributed by atoms with Crippen LogP contribution in [0.15, 0.2) is 0 Å². The lowest BCUT2D eigenvalue weighted by atomic mass is 9.99. The summed E-state index contributed by atoms with van der Waals surface area (Å²) in [5, 5.41) is 37.6. The number of aliphatic hydroxyl groups is 4. The van der Waals surface area contributed by atoms with Crippen LogP contribution in [-0.2, 0) is 14.3 Å². The molecule has 0 aromatic heterocycles. The highest BCUT2D eigenvalue weighted by atomic mass is 16.7. The largest absolute Gasteiger partial charge is 0.394 e. The Bertz CT molecular complexity index is 268. The molecule has 1 saturated heterocycles. The molecule has 5 atom stereocenters. The molecule has 3 unspecified atom stereocenters. The average molecular weight is 264 g/mol. The molecule has 1 heterocycles. The quantitative estimate of drug-likeness (QED) is 0.417. The van der Waals surface area contributed by atoms with E-state index in [4.69, 9.17) is 14.6 Å². The predicted molar refractivity (Wildman–Crippen MR) is 59.6 cm³/mol. The van der Waals surface area contributed by atoms with E-state index in [1.807, 2.05) is 0 Å². The van der Waals surface area contributed by atoms with Gasteiger partial charge in [0.25, 0.3) is 0 Å². The van der Waals surface area contributed by atoms with Crippen molar-refractivity contribution in [2.75, 3.05) is 13.2 Å². The smallest absolute Gasteiger partial charge is 0.186 e. The van der Waals surface area contributed by atoms with E-state index in [0.717, 1.165) is 0 Å². The van der Waals surface area contributed by atoms with Crippen molar-refractivity contribution >= 4 is 5.78 Å². The van der Waals surface area contributed by atoms with E-state index in [1.54, 1.807) is 0 Å². The molecular weight excluding hydrogens is 244 g/mol. The van der Waals surface area contributed by atoms with Gasteiger partial charge in [-0.25, -0.2) is 0 Å². The van der Waals surface area contributed by atoms with Gasteiger partial charge in [0.1, 0.15) is 30.2 Å². The van der Waals surface area contributed by atoms with E-state index in [1.165, 1.54) is 6.92 Å². The Balaban J connectivity index is 2.41. The van der Waals surface area contributed by atoms with Crippen LogP contribution in [-0.4, -0.2) is 70.1 Å². The standard InChI is InChI=1S/C11H20O7/c1-6(13)3-2-4-17-11-10(16)9(15)8(14)7(5-12)18-11/h7-12,14-16H,2-5H2,1H3/t7?,8-,9?,10?,11-/m1/s1. The summed E-state index contributed by atoms with van der Waals surface area (Å²) in [7, 11) is 0. The first-order valence-corrected chi connectivity index (χ1v) is 5.89. The van der Waals surface area contributed by atoms with E-state index in [2.05, 4.69) is 0 Å². The van der Waals surface area contributed by atoms with Crippen LogP contribution in [0.25, 0.3) is 0 Å². The first kappa shape index (κ1) is 15.5. The second-order valence-corrected chi connectivity index (χ2v) is 4.37. The maximum atomic E-state index is 10.7. The summed E-state index contributed by atoms with van der Waals surface area (Å²) in [6.07, 6.45) is -5.47. The van der Waals surface area contributed by atoms with Crippen molar-refractivity contribution in [1.82, 2.24) is 0 Å². The van der Waals surface area contributed by atoms with Crippen molar-refractivity contribution in [2.24, 2.45) is 0 Å². The van der Waals surface area contributed by atoms with Crippen LogP contribution in [0.5, 0.6) is 0 Å². The van der Waals surface area contributed by atoms with Crippen molar-refractivity contribution in [2.45, 2.75) is 50.5 Å². The number of rotatable bonds is 6. The fourth-order valence-electron chi connectivity index (χ4n) is 1.73. The van der Waals surface area contributed by atoms with Crippen LogP contribution in [0, 0.1) is 0 Å². The van der Waals surface area contributed by atoms with Gasteiger partial charge in [-0.3, -0.25) is 0 Å². The van der Waals surface area contributed by atoms with E-state index in [0.29, 0.717) is 12.8 Å². The molecule has 7 heteroatoms. The fourth-order valence-corrected chi connectivity index (χ4v) is 1.73. The maximum Gasteiger partial charge on any atom is 0.186 e. The van der Waals surface area contributed by atoms with Crippen molar-refractivity contribution < 1.29 is 34.7 Å². The lowest BCUT2D eigenvalue weighted by molar-refractivity contribution is -0.301. The minimum atomic E-state index is -1.44. The van der Waals surface area contributed by atoms with E-state index in [9.17, 15) is 20.1 Å². The molecule has 0 aromatic rings. The summed E-state index contributed by atoms with van der Waals surface area (Å²) in [6.45, 7) is 1.16. The van der Waals surface area contributed by atoms with E-state index >= 15 is 0 Å². The van der Waals surface area contributed by atoms with Gasteiger partial charge in [-0.15, -0.1) is 0 Å². The number of carbonyl (C=O) groups is 1. The number of aliphatic hydroxyl groups excluding tert-OH is 4. The van der Waals surface area contributed by atoms with Crippen LogP contribution in [0.4, 0.5) is 0 Å². The van der Waals surface area contributed by atoms with Gasteiger partial charge >= 0.3 is 0 Å². The first-order valence-electron chi connectivity index (χ1n) is 5.89. The Morgan fingerprint density at radius 2 is 1.89 bits per heavy atom. The Hall–Kier alpha value is -0.570. The van der Waals surface area contributed by atoms with E-state index in [-0.39, 0.29) is 12.4 Å². The second-order valence-electron chi connectivity index (χ2n) is 4.37. The molecule has 1 aliphatic heterocycles. The minimum absolute atomic E-state index is 0.0346. The Morgan fingerprint density at radius 1 is 1.22 bits per heavy atom. The summed E-state index contributed by atoms with van der Waals surface area (Å²) in [5.74, 6) is 0.0346. The summed E-state index contributed by atoms with van der Waals surface area (Å²) >= 11 is 0. The van der Waals surface area contributed by atoms with Crippen LogP contribution >= 0.6 is 0 Å². The highest BCUT2D eigenvalue weighted by Gasteiger charge is 2.43. The van der Waals surface area contributed by atoms with Crippen molar-refractivity contribution in [3.05, 3.63) is 0 Å². The monoisotopic (exact) mass is 264 g/mol. The zero-order valence-electron chi connectivity index (χ0n) is 10.2. The zero-order valence-corrected chi connectivity index (χ0v) is 10.2. The number of Topliss-reactive ketones (excluding diaryl/α,β-unsaturated/α-hetero) is 1. The molecule has 1 rings (SSSR count). The summed E-state index contributed by atoms with van der Waals surface area (Å²) in [5.41, 5.74) is 0. The normalized spacial score (nSPS) is 36.6. The number of carbonyl (C=O) groups excluding carboxylic acids is 1. The SMILES string of the molecule is CC(=O)CCCO[C@@H]1OC(CO)[C@@H](O)C(O)C1O. The lowest BCUT2D eigenvalue weighted by Crippen LogP contribution is -2.59. The predicted octanol–water partition coefficient (Wildman–Crippen LogP) is -1.83. The average Bonchev–Trinajstić information content (AvgIpc) is 2.34. The molecule has 1 fully saturated rings. The third-order valence-corrected chi connectivity index (χ3v) is 2.80. The Kier molecular flexibility index (Phi) is 6.13. The Labute approximate surface area is 105 Å². The highest BCUT2D eigenvalue weighted by molar-refractivity contribution is 5.75. The fraction of sp³-hybridized carbons (Fsp3) is 0.909. The van der Waals surface area contributed by atoms with Gasteiger partial charge in [-0.1, -0.05) is 0 Å². The molecule has 0 spiro atoms. The van der Waals surface area contributed by atoms with Gasteiger partial charge < -0.3 is 34.7 Å². The lowest BCUT2D eigenvalue weighted by Gasteiger charge is -2.39. The minimum Gasteiger partial charge on any atom is -0.394 e. The molecule has 1 aliphatic rings. The molecule has 0 bridgehead atoms. The first-order chi connectivity index (χ1) is 8.47. The van der Waals surface area contributed by atoms with Crippen molar-refractivity contribution in [1.29, 1.82) is 0 Å². The summed E-state index contributed by atoms with van der Waals surface area (Å²) in [4.78, 5) is 10.7. The van der Waals surface area contributed by atoms with E-state index < -0.39 is 37.3 Å². The second kappa shape index (κ2) is 7.13. The van der Waals surface area contributed by atoms with Crippen molar-refractivity contribution in [3.8, 4) is 0 Å². The van der Waals surface area contributed by atoms with Crippen LogP contribution in [0.2, 0.25) is 0 Å². The molecule has 0 saturated carbocycles. The molecule has 0 radical (unpaired) electrons. The van der Waals surface area contributed by atoms with Crippen molar-refractivity contribution in [3.63, 3.8) is 0 Å². The highest BCUT2D eigenvalue weighted by Crippen LogP contribution is 2.22. The van der Waals surface area contributed by atoms with Gasteiger partial charge in [-0.05, 0) is 13.3 Å². The zero-order chi connectivity index (χ0) is 13.7. The van der Waals surface area contributed by atoms with Gasteiger partial charge in [0.15, 0.2) is 6.29 Å². The summed E-state index contributed by atoms with van der Waals surface area (Å²) in [6, 6.07) is 0. The Morgan fingerprint density at radius 3 is 2.44 bits per heavy atom. The third kappa shape index (κ3) is 3.98. The number of hydrogen-bond acceptors (Lipinski definition) is 7. The topological polar surface area (TPSA) is 116 Å². The molecule has 4 N–H and O–H groups in total. The van der Waals surface area contributed by atoms with Crippen LogP contribution < -0.4 is 0 Å². The van der Waals surface area contributed by atoms with Gasteiger partial charge in [0.05, 0.1) is 13.2 Å². The third-order valence-electron chi connectivity index (χ3n) is 2.80. The molecule has 0 aromatic carbocycles. The molecule has 106 valence electrons. The van der Waals surface area contributed by atoms with Crippen LogP contribution in [0.3, 0.4) is 0 Å². The van der Waals surface area contributed by atoms with Gasteiger partial charge in [0.2, 0.25) is 0 Å². The maximum absolute atomic E-state index is 10.7. The molecule has 18 heavy (non-hydrogen) atoms. The molecule has 0 aliphatic carbocycles. The number of hydrogen-bond donors (Lipinski definition) is 4. The number of ether oxygens (including phenoxy) is 2. The summed E-state index contributed by atoms with van der Waals surface area (Å²) < 4.78 is 10.3. The molecule has 0 amide bonds. The number of ketones is 1.